The maximum absolute atomic E-state index is 2.43. The van der Waals surface area contributed by atoms with E-state index >= 15 is 0 Å². The van der Waals surface area contributed by atoms with E-state index in [9.17, 15) is 0 Å². The molecule has 0 atom stereocenters. The van der Waals surface area contributed by atoms with Crippen LogP contribution in [0.15, 0.2) is 60.7 Å². The van der Waals surface area contributed by atoms with Crippen LogP contribution >= 0.6 is 0 Å². The summed E-state index contributed by atoms with van der Waals surface area (Å²) in [5, 5.41) is 0. The van der Waals surface area contributed by atoms with E-state index < -0.39 is 0 Å². The summed E-state index contributed by atoms with van der Waals surface area (Å²) in [6, 6.07) is 23.0. The zero-order chi connectivity index (χ0) is 19.0. The summed E-state index contributed by atoms with van der Waals surface area (Å²) in [6.07, 6.45) is 3.20. The Bertz CT molecular complexity index is 999. The molecule has 0 heteroatoms. The normalized spacial score (nSPS) is 13.2. The molecule has 27 heavy (non-hydrogen) atoms. The lowest BCUT2D eigenvalue weighted by Crippen LogP contribution is -1.97. The van der Waals surface area contributed by atoms with Crippen LogP contribution in [0, 0.1) is 13.8 Å². The number of aryl methyl sites for hydroxylation is 4. The van der Waals surface area contributed by atoms with Crippen molar-refractivity contribution in [3.63, 3.8) is 0 Å². The second-order valence-electron chi connectivity index (χ2n) is 7.76. The van der Waals surface area contributed by atoms with Crippen LogP contribution in [-0.2, 0) is 19.3 Å². The Morgan fingerprint density at radius 1 is 0.704 bits per heavy atom. The predicted molar refractivity (Wildman–Crippen MR) is 117 cm³/mol. The molecule has 0 aliphatic heterocycles. The van der Waals surface area contributed by atoms with E-state index in [1.807, 2.05) is 0 Å². The number of allylic oxidation sites excluding steroid dienone is 1. The molecule has 0 N–H and O–H groups in total. The standard InChI is InChI=1S/C27H28/c1-5-20-15-21(6-2)26-24(16-20)17-25(22-11-7-18(3)8-12-22)27(26)23-13-9-19(4)10-14-23/h7-16H,5-6,17H2,1-4H3. The molecule has 4 rings (SSSR count). The van der Waals surface area contributed by atoms with Crippen molar-refractivity contribution in [2.24, 2.45) is 0 Å². The number of hydrogen-bond donors (Lipinski definition) is 0. The summed E-state index contributed by atoms with van der Waals surface area (Å²) in [4.78, 5) is 0. The fourth-order valence-corrected chi connectivity index (χ4v) is 4.25. The molecule has 0 radical (unpaired) electrons. The van der Waals surface area contributed by atoms with Crippen molar-refractivity contribution in [1.29, 1.82) is 0 Å². The number of rotatable bonds is 4. The highest BCUT2D eigenvalue weighted by atomic mass is 14.3. The third-order valence-electron chi connectivity index (χ3n) is 5.81. The average Bonchev–Trinajstić information content (AvgIpc) is 3.07. The first-order chi connectivity index (χ1) is 13.1. The molecule has 0 spiro atoms. The smallest absolute Gasteiger partial charge is 0.000708 e. The van der Waals surface area contributed by atoms with E-state index in [0.717, 1.165) is 19.3 Å². The van der Waals surface area contributed by atoms with Gasteiger partial charge in [-0.15, -0.1) is 0 Å². The molecular weight excluding hydrogens is 324 g/mol. The maximum Gasteiger partial charge on any atom is -0.000708 e. The number of hydrogen-bond acceptors (Lipinski definition) is 0. The summed E-state index contributed by atoms with van der Waals surface area (Å²) in [7, 11) is 0. The molecule has 0 amide bonds. The van der Waals surface area contributed by atoms with Crippen molar-refractivity contribution in [1.82, 2.24) is 0 Å². The van der Waals surface area contributed by atoms with Crippen LogP contribution < -0.4 is 0 Å². The van der Waals surface area contributed by atoms with Gasteiger partial charge >= 0.3 is 0 Å². The van der Waals surface area contributed by atoms with E-state index in [2.05, 4.69) is 88.4 Å². The van der Waals surface area contributed by atoms with Crippen molar-refractivity contribution in [3.05, 3.63) is 105 Å². The van der Waals surface area contributed by atoms with Crippen LogP contribution in [0.3, 0.4) is 0 Å². The summed E-state index contributed by atoms with van der Waals surface area (Å²) < 4.78 is 0. The molecule has 1 aliphatic carbocycles. The predicted octanol–water partition coefficient (Wildman–Crippen LogP) is 6.94. The Kier molecular flexibility index (Phi) is 4.74. The molecule has 136 valence electrons. The first-order valence-electron chi connectivity index (χ1n) is 10.1. The van der Waals surface area contributed by atoms with Gasteiger partial charge in [-0.25, -0.2) is 0 Å². The molecule has 0 saturated carbocycles. The van der Waals surface area contributed by atoms with Crippen molar-refractivity contribution < 1.29 is 0 Å². The molecule has 0 saturated heterocycles. The summed E-state index contributed by atoms with van der Waals surface area (Å²) in [6.45, 7) is 8.86. The topological polar surface area (TPSA) is 0 Å². The van der Waals surface area contributed by atoms with Gasteiger partial charge in [0.1, 0.15) is 0 Å². The fourth-order valence-electron chi connectivity index (χ4n) is 4.25. The van der Waals surface area contributed by atoms with Gasteiger partial charge in [0.2, 0.25) is 0 Å². The molecule has 0 bridgehead atoms. The first-order valence-corrected chi connectivity index (χ1v) is 10.1. The van der Waals surface area contributed by atoms with Gasteiger partial charge < -0.3 is 0 Å². The van der Waals surface area contributed by atoms with Gasteiger partial charge in [-0.3, -0.25) is 0 Å². The summed E-state index contributed by atoms with van der Waals surface area (Å²) >= 11 is 0. The SMILES string of the molecule is CCc1cc(CC)c2c(c1)CC(c1ccc(C)cc1)=C2c1ccc(C)cc1. The highest BCUT2D eigenvalue weighted by molar-refractivity contribution is 6.04. The first kappa shape index (κ1) is 17.8. The molecule has 0 heterocycles. The second kappa shape index (κ2) is 7.19. The molecule has 0 unspecified atom stereocenters. The summed E-state index contributed by atoms with van der Waals surface area (Å²) in [5.74, 6) is 0. The van der Waals surface area contributed by atoms with Crippen LogP contribution in [0.1, 0.15) is 58.4 Å². The van der Waals surface area contributed by atoms with Crippen LogP contribution in [0.4, 0.5) is 0 Å². The van der Waals surface area contributed by atoms with Gasteiger partial charge in [0, 0.05) is 0 Å². The fraction of sp³-hybridized carbons (Fsp3) is 0.259. The molecule has 3 aromatic carbocycles. The molecule has 1 aliphatic rings. The van der Waals surface area contributed by atoms with E-state index in [1.54, 1.807) is 0 Å². The third-order valence-corrected chi connectivity index (χ3v) is 5.81. The molecule has 0 fully saturated rings. The summed E-state index contributed by atoms with van der Waals surface area (Å²) in [5.41, 5.74) is 14.2. The van der Waals surface area contributed by atoms with Crippen LogP contribution in [0.2, 0.25) is 0 Å². The van der Waals surface area contributed by atoms with Crippen LogP contribution in [-0.4, -0.2) is 0 Å². The van der Waals surface area contributed by atoms with E-state index in [0.29, 0.717) is 0 Å². The monoisotopic (exact) mass is 352 g/mol. The Hall–Kier alpha value is -2.60. The van der Waals surface area contributed by atoms with Gasteiger partial charge in [0.05, 0.1) is 0 Å². The van der Waals surface area contributed by atoms with Gasteiger partial charge in [-0.1, -0.05) is 85.6 Å². The lowest BCUT2D eigenvalue weighted by Gasteiger charge is -2.15. The maximum atomic E-state index is 2.43. The largest absolute Gasteiger partial charge is 0.0613 e. The Balaban J connectivity index is 1.98. The average molecular weight is 353 g/mol. The van der Waals surface area contributed by atoms with Crippen molar-refractivity contribution >= 4 is 11.1 Å². The van der Waals surface area contributed by atoms with E-state index in [-0.39, 0.29) is 0 Å². The van der Waals surface area contributed by atoms with Crippen molar-refractivity contribution in [3.8, 4) is 0 Å². The quantitative estimate of drug-likeness (QED) is 0.477. The van der Waals surface area contributed by atoms with E-state index in [1.165, 1.54) is 55.7 Å². The van der Waals surface area contributed by atoms with Gasteiger partial charge in [-0.05, 0) is 77.6 Å². The highest BCUT2D eigenvalue weighted by Gasteiger charge is 2.26. The molecule has 3 aromatic rings. The third kappa shape index (κ3) is 3.25. The Morgan fingerprint density at radius 3 is 1.85 bits per heavy atom. The highest BCUT2D eigenvalue weighted by Crippen LogP contribution is 2.44. The Morgan fingerprint density at radius 2 is 1.30 bits per heavy atom. The lowest BCUT2D eigenvalue weighted by molar-refractivity contribution is 1.06. The van der Waals surface area contributed by atoms with Crippen molar-refractivity contribution in [2.75, 3.05) is 0 Å². The van der Waals surface area contributed by atoms with Crippen molar-refractivity contribution in [2.45, 2.75) is 47.0 Å². The van der Waals surface area contributed by atoms with Gasteiger partial charge in [-0.2, -0.15) is 0 Å². The molecule has 0 nitrogen and oxygen atoms in total. The number of fused-ring (bicyclic) bond motifs is 1. The number of benzene rings is 3. The minimum atomic E-state index is 1.03. The zero-order valence-electron chi connectivity index (χ0n) is 16.9. The van der Waals surface area contributed by atoms with Crippen LogP contribution in [0.5, 0.6) is 0 Å². The Labute approximate surface area is 163 Å². The second-order valence-corrected chi connectivity index (χ2v) is 7.76. The zero-order valence-corrected chi connectivity index (χ0v) is 16.9. The minimum Gasteiger partial charge on any atom is -0.0613 e. The molecular formula is C27H28. The van der Waals surface area contributed by atoms with Gasteiger partial charge in [0.25, 0.3) is 0 Å². The lowest BCUT2D eigenvalue weighted by atomic mass is 9.89. The molecule has 0 aromatic heterocycles. The minimum absolute atomic E-state index is 1.03. The van der Waals surface area contributed by atoms with Crippen LogP contribution in [0.25, 0.3) is 11.1 Å². The van der Waals surface area contributed by atoms with Gasteiger partial charge in [0.15, 0.2) is 0 Å². The van der Waals surface area contributed by atoms with E-state index in [4.69, 9.17) is 0 Å².